The SMILES string of the molecule is CCCCC(CC)CC(C)(Sn1c(Cc2nc3cccc(C(F)(F)F)n3c2SCC)nc2cccnc21)C(=O)O. The predicted molar refractivity (Wildman–Crippen MR) is 154 cm³/mol. The Hall–Kier alpha value is -2.73. The number of aromatic nitrogens is 5. The van der Waals surface area contributed by atoms with Crippen LogP contribution in [0.2, 0.25) is 0 Å². The summed E-state index contributed by atoms with van der Waals surface area (Å²) in [7, 11) is 0. The molecule has 1 N–H and O–H groups in total. The molecule has 0 aliphatic rings. The summed E-state index contributed by atoms with van der Waals surface area (Å²) in [6.07, 6.45) is 1.56. The van der Waals surface area contributed by atoms with Gasteiger partial charge in [0.1, 0.15) is 32.5 Å². The van der Waals surface area contributed by atoms with E-state index in [0.29, 0.717) is 39.9 Å². The number of carbonyl (C=O) groups is 1. The standard InChI is InChI=1S/C28H34F3N5O2S2/c1-5-8-11-18(6-2)17-27(4,26(37)38)40-36-23(33-19-12-10-15-32-24(19)36)16-20-25(39-7-3)35-21(28(29,30)31)13-9-14-22(35)34-20/h9-10,12-15,18H,5-8,11,16-17H2,1-4H3,(H,37,38). The van der Waals surface area contributed by atoms with Crippen molar-refractivity contribution in [3.05, 3.63) is 53.7 Å². The van der Waals surface area contributed by atoms with Gasteiger partial charge in [0.05, 0.1) is 12.1 Å². The normalized spacial score (nSPS) is 14.6. The van der Waals surface area contributed by atoms with E-state index in [1.807, 2.05) is 6.92 Å². The van der Waals surface area contributed by atoms with E-state index < -0.39 is 22.6 Å². The van der Waals surface area contributed by atoms with E-state index in [9.17, 15) is 23.1 Å². The third kappa shape index (κ3) is 6.27. The highest BCUT2D eigenvalue weighted by molar-refractivity contribution is 8.00. The van der Waals surface area contributed by atoms with E-state index >= 15 is 0 Å². The highest BCUT2D eigenvalue weighted by Gasteiger charge is 2.39. The van der Waals surface area contributed by atoms with Crippen molar-refractivity contribution in [3.63, 3.8) is 0 Å². The quantitative estimate of drug-likeness (QED) is 0.159. The predicted octanol–water partition coefficient (Wildman–Crippen LogP) is 7.75. The maximum absolute atomic E-state index is 13.9. The Morgan fingerprint density at radius 3 is 2.55 bits per heavy atom. The zero-order valence-electron chi connectivity index (χ0n) is 23.0. The van der Waals surface area contributed by atoms with Gasteiger partial charge in [-0.25, -0.2) is 15.0 Å². The van der Waals surface area contributed by atoms with E-state index in [1.54, 1.807) is 35.3 Å². The van der Waals surface area contributed by atoms with E-state index in [-0.39, 0.29) is 18.0 Å². The Bertz CT molecular complexity index is 1490. The molecule has 4 rings (SSSR count). The van der Waals surface area contributed by atoms with Crippen LogP contribution in [-0.2, 0) is 17.4 Å². The fraction of sp³-hybridized carbons (Fsp3) is 0.500. The van der Waals surface area contributed by atoms with Gasteiger partial charge in [-0.05, 0) is 61.2 Å². The molecule has 216 valence electrons. The molecule has 0 aliphatic carbocycles. The van der Waals surface area contributed by atoms with Gasteiger partial charge in [-0.2, -0.15) is 13.2 Å². The highest BCUT2D eigenvalue weighted by Crippen LogP contribution is 2.40. The zero-order valence-corrected chi connectivity index (χ0v) is 24.7. The molecule has 0 spiro atoms. The molecule has 0 radical (unpaired) electrons. The monoisotopic (exact) mass is 593 g/mol. The Balaban J connectivity index is 1.81. The minimum atomic E-state index is -4.55. The second-order valence-electron chi connectivity index (χ2n) is 9.99. The maximum atomic E-state index is 13.9. The van der Waals surface area contributed by atoms with E-state index in [1.165, 1.54) is 17.8 Å². The second-order valence-corrected chi connectivity index (χ2v) is 12.7. The number of imidazole rings is 2. The van der Waals surface area contributed by atoms with E-state index in [0.717, 1.165) is 48.1 Å². The fourth-order valence-corrected chi connectivity index (χ4v) is 7.00. The first-order valence-electron chi connectivity index (χ1n) is 13.5. The summed E-state index contributed by atoms with van der Waals surface area (Å²) in [6.45, 7) is 7.81. The van der Waals surface area contributed by atoms with Gasteiger partial charge in [-0.3, -0.25) is 13.2 Å². The largest absolute Gasteiger partial charge is 0.480 e. The Labute approximate surface area is 240 Å². The number of carboxylic acids is 1. The summed E-state index contributed by atoms with van der Waals surface area (Å²) in [5.74, 6) is 0.350. The molecule has 0 aliphatic heterocycles. The molecule has 2 unspecified atom stereocenters. The lowest BCUT2D eigenvalue weighted by Gasteiger charge is -2.29. The number of rotatable bonds is 13. The summed E-state index contributed by atoms with van der Waals surface area (Å²) in [5.41, 5.74) is 0.958. The van der Waals surface area contributed by atoms with Crippen LogP contribution in [0.3, 0.4) is 0 Å². The molecule has 12 heteroatoms. The van der Waals surface area contributed by atoms with Crippen LogP contribution in [0, 0.1) is 5.92 Å². The minimum absolute atomic E-state index is 0.118. The van der Waals surface area contributed by atoms with Crippen LogP contribution in [0.15, 0.2) is 41.6 Å². The molecule has 0 saturated carbocycles. The van der Waals surface area contributed by atoms with Crippen LogP contribution in [0.25, 0.3) is 16.8 Å². The number of nitrogens with zero attached hydrogens (tertiary/aromatic N) is 5. The average molecular weight is 594 g/mol. The number of thioether (sulfide) groups is 1. The van der Waals surface area contributed by atoms with Gasteiger partial charge in [-0.1, -0.05) is 52.5 Å². The Morgan fingerprint density at radius 1 is 1.12 bits per heavy atom. The van der Waals surface area contributed by atoms with Crippen molar-refractivity contribution in [2.75, 3.05) is 5.75 Å². The zero-order chi connectivity index (χ0) is 29.1. The number of hydrogen-bond donors (Lipinski definition) is 1. The van der Waals surface area contributed by atoms with Gasteiger partial charge < -0.3 is 5.11 Å². The minimum Gasteiger partial charge on any atom is -0.480 e. The lowest BCUT2D eigenvalue weighted by molar-refractivity contribution is -0.142. The first kappa shape index (κ1) is 30.2. The number of unbranched alkanes of at least 4 members (excludes halogenated alkanes) is 1. The average Bonchev–Trinajstić information content (AvgIpc) is 3.43. The van der Waals surface area contributed by atoms with Crippen LogP contribution < -0.4 is 0 Å². The highest BCUT2D eigenvalue weighted by atomic mass is 32.2. The molecule has 40 heavy (non-hydrogen) atoms. The number of carboxylic acid groups (broad SMARTS) is 1. The number of fused-ring (bicyclic) bond motifs is 2. The molecule has 2 atom stereocenters. The Morgan fingerprint density at radius 2 is 1.90 bits per heavy atom. The molecule has 4 aromatic rings. The molecule has 4 heterocycles. The van der Waals surface area contributed by atoms with Crippen molar-refractivity contribution in [1.29, 1.82) is 0 Å². The number of hydrogen-bond acceptors (Lipinski definition) is 6. The van der Waals surface area contributed by atoms with Gasteiger partial charge in [-0.15, -0.1) is 11.8 Å². The molecule has 0 amide bonds. The summed E-state index contributed by atoms with van der Waals surface area (Å²) >= 11 is 2.45. The number of aliphatic carboxylic acids is 1. The number of alkyl halides is 3. The second kappa shape index (κ2) is 12.4. The van der Waals surface area contributed by atoms with Crippen molar-refractivity contribution in [3.8, 4) is 0 Å². The van der Waals surface area contributed by atoms with Crippen molar-refractivity contribution < 1.29 is 23.1 Å². The summed E-state index contributed by atoms with van der Waals surface area (Å²) < 4.78 is 43.5. The van der Waals surface area contributed by atoms with Crippen LogP contribution in [-0.4, -0.2) is 44.9 Å². The molecule has 4 aromatic heterocycles. The molecule has 0 aromatic carbocycles. The van der Waals surface area contributed by atoms with Crippen molar-refractivity contribution in [2.24, 2.45) is 5.92 Å². The molecule has 0 fully saturated rings. The lowest BCUT2D eigenvalue weighted by Crippen LogP contribution is -2.35. The summed E-state index contributed by atoms with van der Waals surface area (Å²) in [4.78, 5) is 26.5. The molecular formula is C28H34F3N5O2S2. The van der Waals surface area contributed by atoms with Crippen molar-refractivity contribution in [2.45, 2.75) is 82.2 Å². The van der Waals surface area contributed by atoms with E-state index in [2.05, 4.69) is 23.8 Å². The number of halogens is 3. The molecule has 0 saturated heterocycles. The fourth-order valence-electron chi connectivity index (χ4n) is 4.89. The van der Waals surface area contributed by atoms with Crippen molar-refractivity contribution in [1.82, 2.24) is 23.3 Å². The summed E-state index contributed by atoms with van der Waals surface area (Å²) in [5, 5.41) is 10.8. The van der Waals surface area contributed by atoms with Gasteiger partial charge in [0, 0.05) is 6.20 Å². The third-order valence-electron chi connectivity index (χ3n) is 6.97. The van der Waals surface area contributed by atoms with Gasteiger partial charge in [0.25, 0.3) is 0 Å². The van der Waals surface area contributed by atoms with Crippen LogP contribution in [0.1, 0.15) is 77.0 Å². The van der Waals surface area contributed by atoms with Crippen LogP contribution in [0.5, 0.6) is 0 Å². The molecular weight excluding hydrogens is 559 g/mol. The smallest absolute Gasteiger partial charge is 0.431 e. The van der Waals surface area contributed by atoms with Crippen LogP contribution >= 0.6 is 23.7 Å². The maximum Gasteiger partial charge on any atom is 0.431 e. The Kier molecular flexibility index (Phi) is 9.39. The first-order valence-corrected chi connectivity index (χ1v) is 15.2. The van der Waals surface area contributed by atoms with Gasteiger partial charge >= 0.3 is 12.1 Å². The van der Waals surface area contributed by atoms with E-state index in [4.69, 9.17) is 4.98 Å². The molecule has 7 nitrogen and oxygen atoms in total. The van der Waals surface area contributed by atoms with Crippen molar-refractivity contribution >= 4 is 46.5 Å². The molecule has 0 bridgehead atoms. The van der Waals surface area contributed by atoms with Gasteiger partial charge in [0.2, 0.25) is 0 Å². The third-order valence-corrected chi connectivity index (χ3v) is 9.27. The van der Waals surface area contributed by atoms with Crippen LogP contribution in [0.4, 0.5) is 13.2 Å². The first-order chi connectivity index (χ1) is 19.0. The number of pyridine rings is 2. The summed E-state index contributed by atoms with van der Waals surface area (Å²) in [6, 6.07) is 7.51. The lowest BCUT2D eigenvalue weighted by atomic mass is 9.89. The topological polar surface area (TPSA) is 85.3 Å². The van der Waals surface area contributed by atoms with Gasteiger partial charge in [0.15, 0.2) is 5.65 Å².